The standard InChI is InChI=1S/C24H31F3N6O3/c1-14(34)33(4)19-9-7-6-8-17(19)29-21-16(24(25,26)27)13-28-23(31-21)30-18-11-10-15(12-20(18)36-5)22(35)32(2)3/h10-13,17,19H,6-9H2,1-5H3,(H2,28,29,30,31). The summed E-state index contributed by atoms with van der Waals surface area (Å²) in [7, 11) is 6.31. The highest BCUT2D eigenvalue weighted by Crippen LogP contribution is 2.36. The Bertz CT molecular complexity index is 1110. The molecule has 0 spiro atoms. The van der Waals surface area contributed by atoms with E-state index in [2.05, 4.69) is 20.6 Å². The third-order valence-electron chi connectivity index (χ3n) is 6.24. The van der Waals surface area contributed by atoms with Gasteiger partial charge in [0.25, 0.3) is 5.91 Å². The Morgan fingerprint density at radius 3 is 2.44 bits per heavy atom. The minimum absolute atomic E-state index is 0.0808. The van der Waals surface area contributed by atoms with Crippen LogP contribution in [0.5, 0.6) is 5.75 Å². The number of carbonyl (C=O) groups is 2. The molecule has 1 fully saturated rings. The number of amides is 2. The third kappa shape index (κ3) is 6.16. The Balaban J connectivity index is 1.93. The minimum atomic E-state index is -4.68. The molecule has 2 amide bonds. The molecule has 2 unspecified atom stereocenters. The van der Waals surface area contributed by atoms with Crippen LogP contribution in [0.2, 0.25) is 0 Å². The first kappa shape index (κ1) is 27.0. The molecule has 9 nitrogen and oxygen atoms in total. The van der Waals surface area contributed by atoms with Gasteiger partial charge in [-0.15, -0.1) is 0 Å². The summed E-state index contributed by atoms with van der Waals surface area (Å²) in [5.41, 5.74) is -0.233. The molecule has 0 bridgehead atoms. The van der Waals surface area contributed by atoms with Crippen LogP contribution in [0.15, 0.2) is 24.4 Å². The molecule has 0 radical (unpaired) electrons. The second-order valence-electron chi connectivity index (χ2n) is 8.93. The summed E-state index contributed by atoms with van der Waals surface area (Å²) >= 11 is 0. The van der Waals surface area contributed by atoms with Crippen LogP contribution in [0.4, 0.5) is 30.6 Å². The highest BCUT2D eigenvalue weighted by molar-refractivity contribution is 5.95. The molecule has 1 aromatic heterocycles. The number of hydrogen-bond donors (Lipinski definition) is 2. The number of likely N-dealkylation sites (N-methyl/N-ethyl adjacent to an activating group) is 1. The molecule has 2 atom stereocenters. The Labute approximate surface area is 208 Å². The van der Waals surface area contributed by atoms with Crippen molar-refractivity contribution in [3.8, 4) is 5.75 Å². The molecule has 1 aromatic carbocycles. The number of carbonyl (C=O) groups excluding carboxylic acids is 2. The van der Waals surface area contributed by atoms with Crippen molar-refractivity contribution in [1.82, 2.24) is 19.8 Å². The molecule has 2 N–H and O–H groups in total. The first-order valence-corrected chi connectivity index (χ1v) is 11.5. The average Bonchev–Trinajstić information content (AvgIpc) is 2.83. The second kappa shape index (κ2) is 11.0. The van der Waals surface area contributed by atoms with Gasteiger partial charge in [0.1, 0.15) is 17.1 Å². The summed E-state index contributed by atoms with van der Waals surface area (Å²) in [5.74, 6) is -0.529. The number of methoxy groups -OCH3 is 1. The van der Waals surface area contributed by atoms with Crippen LogP contribution >= 0.6 is 0 Å². The number of anilines is 3. The van der Waals surface area contributed by atoms with Crippen LogP contribution in [0.1, 0.15) is 48.5 Å². The lowest BCUT2D eigenvalue weighted by Gasteiger charge is -2.38. The average molecular weight is 509 g/mol. The van der Waals surface area contributed by atoms with Gasteiger partial charge in [0.2, 0.25) is 11.9 Å². The molecule has 1 saturated carbocycles. The summed E-state index contributed by atoms with van der Waals surface area (Å²) in [4.78, 5) is 35.2. The maximum atomic E-state index is 13.8. The lowest BCUT2D eigenvalue weighted by Crippen LogP contribution is -2.49. The highest BCUT2D eigenvalue weighted by atomic mass is 19.4. The number of hydrogen-bond acceptors (Lipinski definition) is 7. The van der Waals surface area contributed by atoms with E-state index in [1.54, 1.807) is 38.2 Å². The normalized spacial score (nSPS) is 17.8. The van der Waals surface area contributed by atoms with Gasteiger partial charge in [0.05, 0.1) is 18.8 Å². The number of halogens is 3. The molecule has 1 heterocycles. The van der Waals surface area contributed by atoms with E-state index in [9.17, 15) is 22.8 Å². The van der Waals surface area contributed by atoms with E-state index in [0.717, 1.165) is 19.0 Å². The molecule has 1 aliphatic rings. The zero-order valence-electron chi connectivity index (χ0n) is 20.9. The van der Waals surface area contributed by atoms with Crippen molar-refractivity contribution < 1.29 is 27.5 Å². The largest absolute Gasteiger partial charge is 0.495 e. The van der Waals surface area contributed by atoms with Crippen LogP contribution in [0, 0.1) is 0 Å². The highest BCUT2D eigenvalue weighted by Gasteiger charge is 2.37. The van der Waals surface area contributed by atoms with Crippen molar-refractivity contribution in [2.24, 2.45) is 0 Å². The maximum Gasteiger partial charge on any atom is 0.421 e. The summed E-state index contributed by atoms with van der Waals surface area (Å²) < 4.78 is 46.7. The van der Waals surface area contributed by atoms with Crippen molar-refractivity contribution in [2.45, 2.75) is 50.9 Å². The van der Waals surface area contributed by atoms with Gasteiger partial charge in [-0.05, 0) is 31.0 Å². The molecule has 0 saturated heterocycles. The molecule has 1 aliphatic carbocycles. The van der Waals surface area contributed by atoms with Crippen molar-refractivity contribution in [2.75, 3.05) is 38.9 Å². The number of nitrogens with zero attached hydrogens (tertiary/aromatic N) is 4. The van der Waals surface area contributed by atoms with E-state index >= 15 is 0 Å². The molecule has 3 rings (SSSR count). The van der Waals surface area contributed by atoms with Crippen LogP contribution in [-0.4, -0.2) is 71.9 Å². The quantitative estimate of drug-likeness (QED) is 0.580. The van der Waals surface area contributed by atoms with Crippen molar-refractivity contribution in [1.29, 1.82) is 0 Å². The van der Waals surface area contributed by atoms with Gasteiger partial charge in [-0.2, -0.15) is 18.2 Å². The summed E-state index contributed by atoms with van der Waals surface area (Å²) in [5, 5.41) is 5.83. The van der Waals surface area contributed by atoms with Gasteiger partial charge in [-0.3, -0.25) is 9.59 Å². The first-order chi connectivity index (χ1) is 16.9. The van der Waals surface area contributed by atoms with Crippen molar-refractivity contribution in [3.63, 3.8) is 0 Å². The SMILES string of the molecule is COc1cc(C(=O)N(C)C)ccc1Nc1ncc(C(F)(F)F)c(NC2CCCCC2N(C)C(C)=O)n1. The van der Waals surface area contributed by atoms with Gasteiger partial charge in [-0.25, -0.2) is 4.98 Å². The predicted molar refractivity (Wildman–Crippen MR) is 129 cm³/mol. The van der Waals surface area contributed by atoms with Gasteiger partial charge >= 0.3 is 6.18 Å². The van der Waals surface area contributed by atoms with Gasteiger partial charge in [0, 0.05) is 45.9 Å². The summed E-state index contributed by atoms with van der Waals surface area (Å²) in [6.45, 7) is 1.43. The monoisotopic (exact) mass is 508 g/mol. The second-order valence-corrected chi connectivity index (χ2v) is 8.93. The number of nitrogens with one attached hydrogen (secondary N) is 2. The summed E-state index contributed by atoms with van der Waals surface area (Å²) in [6.07, 6.45) is -0.964. The van der Waals surface area contributed by atoms with Crippen LogP contribution < -0.4 is 15.4 Å². The van der Waals surface area contributed by atoms with E-state index in [4.69, 9.17) is 4.74 Å². The van der Waals surface area contributed by atoms with Crippen LogP contribution in [0.3, 0.4) is 0 Å². The Kier molecular flexibility index (Phi) is 8.26. The van der Waals surface area contributed by atoms with E-state index in [1.165, 1.54) is 25.0 Å². The molecule has 0 aliphatic heterocycles. The first-order valence-electron chi connectivity index (χ1n) is 11.5. The third-order valence-corrected chi connectivity index (χ3v) is 6.24. The van der Waals surface area contributed by atoms with Gasteiger partial charge in [-0.1, -0.05) is 12.8 Å². The zero-order chi connectivity index (χ0) is 26.6. The fraction of sp³-hybridized carbons (Fsp3) is 0.500. The van der Waals surface area contributed by atoms with Gasteiger partial charge < -0.3 is 25.2 Å². The van der Waals surface area contributed by atoms with Crippen molar-refractivity contribution >= 4 is 29.3 Å². The maximum absolute atomic E-state index is 13.8. The predicted octanol–water partition coefficient (Wildman–Crippen LogP) is 4.15. The van der Waals surface area contributed by atoms with E-state index in [-0.39, 0.29) is 29.6 Å². The fourth-order valence-electron chi connectivity index (χ4n) is 4.22. The van der Waals surface area contributed by atoms with Crippen LogP contribution in [-0.2, 0) is 11.0 Å². The van der Waals surface area contributed by atoms with E-state index < -0.39 is 17.8 Å². The van der Waals surface area contributed by atoms with Gasteiger partial charge in [0.15, 0.2) is 0 Å². The number of alkyl halides is 3. The molecule has 2 aromatic rings. The van der Waals surface area contributed by atoms with E-state index in [0.29, 0.717) is 29.8 Å². The molecular weight excluding hydrogens is 477 g/mol. The lowest BCUT2D eigenvalue weighted by atomic mass is 9.89. The molecule has 196 valence electrons. The number of benzene rings is 1. The summed E-state index contributed by atoms with van der Waals surface area (Å²) in [6, 6.07) is 4.01. The number of aromatic nitrogens is 2. The number of ether oxygens (including phenoxy) is 1. The minimum Gasteiger partial charge on any atom is -0.495 e. The Morgan fingerprint density at radius 1 is 1.14 bits per heavy atom. The number of rotatable bonds is 7. The van der Waals surface area contributed by atoms with E-state index in [1.807, 2.05) is 0 Å². The fourth-order valence-corrected chi connectivity index (χ4v) is 4.22. The van der Waals surface area contributed by atoms with Crippen LogP contribution in [0.25, 0.3) is 0 Å². The smallest absolute Gasteiger partial charge is 0.421 e. The molecule has 36 heavy (non-hydrogen) atoms. The molecule has 12 heteroatoms. The Hall–Kier alpha value is -3.57. The van der Waals surface area contributed by atoms with Crippen molar-refractivity contribution in [3.05, 3.63) is 35.5 Å². The topological polar surface area (TPSA) is 99.7 Å². The molecular formula is C24H31F3N6O3. The zero-order valence-corrected chi connectivity index (χ0v) is 20.9. The lowest BCUT2D eigenvalue weighted by molar-refractivity contribution is -0.137. The Morgan fingerprint density at radius 2 is 1.83 bits per heavy atom.